The van der Waals surface area contributed by atoms with Crippen molar-refractivity contribution in [3.8, 4) is 5.75 Å². The summed E-state index contributed by atoms with van der Waals surface area (Å²) < 4.78 is 5.34. The van der Waals surface area contributed by atoms with Crippen LogP contribution in [0.2, 0.25) is 0 Å². The number of rotatable bonds is 7. The maximum atomic E-state index is 12.1. The van der Waals surface area contributed by atoms with Crippen LogP contribution in [0.1, 0.15) is 29.7 Å². The van der Waals surface area contributed by atoms with Crippen molar-refractivity contribution in [2.24, 2.45) is 0 Å². The van der Waals surface area contributed by atoms with Gasteiger partial charge in [0.1, 0.15) is 5.75 Å². The highest BCUT2D eigenvalue weighted by molar-refractivity contribution is 5.84. The summed E-state index contributed by atoms with van der Waals surface area (Å²) >= 11 is 0. The highest BCUT2D eigenvalue weighted by Crippen LogP contribution is 2.25. The van der Waals surface area contributed by atoms with Crippen LogP contribution in [-0.2, 0) is 11.3 Å². The molecular weight excluding hydrogens is 330 g/mol. The summed E-state index contributed by atoms with van der Waals surface area (Å²) in [4.78, 5) is 23.9. The van der Waals surface area contributed by atoms with E-state index in [1.807, 2.05) is 62.4 Å². The number of nitrogens with one attached hydrogen (secondary N) is 3. The Kier molecular flexibility index (Phi) is 7.02. The summed E-state index contributed by atoms with van der Waals surface area (Å²) in [5.41, 5.74) is 2.97. The van der Waals surface area contributed by atoms with Crippen molar-refractivity contribution < 1.29 is 14.3 Å². The molecular formula is C20H25N3O3. The van der Waals surface area contributed by atoms with Crippen molar-refractivity contribution in [2.75, 3.05) is 13.7 Å². The van der Waals surface area contributed by atoms with Crippen molar-refractivity contribution in [1.29, 1.82) is 0 Å². The van der Waals surface area contributed by atoms with Gasteiger partial charge in [-0.3, -0.25) is 4.79 Å². The SMILES string of the molecule is COc1ccc(C)cc1C(C)NC(=O)CNC(=O)NCc1ccccc1. The standard InChI is InChI=1S/C20H25N3O3/c1-14-9-10-18(26-3)17(11-14)15(2)23-19(24)13-22-20(25)21-12-16-7-5-4-6-8-16/h4-11,15H,12-13H2,1-3H3,(H,23,24)(H2,21,22,25). The molecule has 2 rings (SSSR count). The Balaban J connectivity index is 1.79. The predicted molar refractivity (Wildman–Crippen MR) is 101 cm³/mol. The van der Waals surface area contributed by atoms with Crippen molar-refractivity contribution in [3.05, 3.63) is 65.2 Å². The first-order valence-corrected chi connectivity index (χ1v) is 8.49. The van der Waals surface area contributed by atoms with E-state index < -0.39 is 0 Å². The molecule has 6 nitrogen and oxygen atoms in total. The molecule has 2 aromatic carbocycles. The molecule has 0 heterocycles. The van der Waals surface area contributed by atoms with Crippen LogP contribution in [0, 0.1) is 6.92 Å². The normalized spacial score (nSPS) is 11.3. The van der Waals surface area contributed by atoms with E-state index in [-0.39, 0.29) is 24.5 Å². The fourth-order valence-electron chi connectivity index (χ4n) is 2.56. The van der Waals surface area contributed by atoms with Gasteiger partial charge in [-0.25, -0.2) is 4.79 Å². The summed E-state index contributed by atoms with van der Waals surface area (Å²) in [6.07, 6.45) is 0. The van der Waals surface area contributed by atoms with Gasteiger partial charge < -0.3 is 20.7 Å². The van der Waals surface area contributed by atoms with Crippen LogP contribution < -0.4 is 20.7 Å². The van der Waals surface area contributed by atoms with Gasteiger partial charge in [-0.2, -0.15) is 0 Å². The number of methoxy groups -OCH3 is 1. The van der Waals surface area contributed by atoms with Gasteiger partial charge >= 0.3 is 6.03 Å². The number of hydrogen-bond acceptors (Lipinski definition) is 3. The predicted octanol–water partition coefficient (Wildman–Crippen LogP) is 2.68. The van der Waals surface area contributed by atoms with E-state index in [4.69, 9.17) is 4.74 Å². The second kappa shape index (κ2) is 9.46. The molecule has 0 fully saturated rings. The number of urea groups is 1. The largest absolute Gasteiger partial charge is 0.496 e. The summed E-state index contributed by atoms with van der Waals surface area (Å²) in [6, 6.07) is 14.8. The first kappa shape index (κ1) is 19.3. The van der Waals surface area contributed by atoms with Gasteiger partial charge in [0, 0.05) is 12.1 Å². The van der Waals surface area contributed by atoms with Crippen LogP contribution in [0.15, 0.2) is 48.5 Å². The van der Waals surface area contributed by atoms with Gasteiger partial charge in [-0.1, -0.05) is 48.0 Å². The van der Waals surface area contributed by atoms with Crippen LogP contribution in [0.5, 0.6) is 5.75 Å². The number of aryl methyl sites for hydroxylation is 1. The Hall–Kier alpha value is -3.02. The van der Waals surface area contributed by atoms with E-state index >= 15 is 0 Å². The maximum Gasteiger partial charge on any atom is 0.315 e. The summed E-state index contributed by atoms with van der Waals surface area (Å²) in [6.45, 7) is 4.17. The first-order chi connectivity index (χ1) is 12.5. The number of benzene rings is 2. The molecule has 0 aliphatic rings. The minimum atomic E-state index is -0.384. The van der Waals surface area contributed by atoms with E-state index in [9.17, 15) is 9.59 Å². The molecule has 0 bridgehead atoms. The van der Waals surface area contributed by atoms with E-state index in [0.29, 0.717) is 6.54 Å². The Morgan fingerprint density at radius 2 is 1.81 bits per heavy atom. The average molecular weight is 355 g/mol. The number of amides is 3. The monoisotopic (exact) mass is 355 g/mol. The average Bonchev–Trinajstić information content (AvgIpc) is 2.65. The quantitative estimate of drug-likeness (QED) is 0.714. The van der Waals surface area contributed by atoms with Gasteiger partial charge in [0.25, 0.3) is 0 Å². The Morgan fingerprint density at radius 3 is 2.50 bits per heavy atom. The zero-order chi connectivity index (χ0) is 18.9. The Morgan fingerprint density at radius 1 is 1.08 bits per heavy atom. The summed E-state index contributed by atoms with van der Waals surface area (Å²) in [7, 11) is 1.60. The third kappa shape index (κ3) is 5.81. The molecule has 0 spiro atoms. The van der Waals surface area contributed by atoms with Gasteiger partial charge in [0.15, 0.2) is 0 Å². The molecule has 0 saturated heterocycles. The first-order valence-electron chi connectivity index (χ1n) is 8.49. The van der Waals surface area contributed by atoms with Crippen LogP contribution in [0.4, 0.5) is 4.79 Å². The lowest BCUT2D eigenvalue weighted by Crippen LogP contribution is -2.42. The number of ether oxygens (including phenoxy) is 1. The van der Waals surface area contributed by atoms with Crippen molar-refractivity contribution in [2.45, 2.75) is 26.4 Å². The molecule has 3 amide bonds. The number of carbonyl (C=O) groups is 2. The molecule has 0 aliphatic carbocycles. The third-order valence-electron chi connectivity index (χ3n) is 3.93. The van der Waals surface area contributed by atoms with Crippen LogP contribution in [0.25, 0.3) is 0 Å². The highest BCUT2D eigenvalue weighted by atomic mass is 16.5. The fraction of sp³-hybridized carbons (Fsp3) is 0.300. The van der Waals surface area contributed by atoms with Crippen molar-refractivity contribution >= 4 is 11.9 Å². The van der Waals surface area contributed by atoms with Crippen molar-refractivity contribution in [1.82, 2.24) is 16.0 Å². The summed E-state index contributed by atoms with van der Waals surface area (Å²) in [5.74, 6) is 0.452. The van der Waals surface area contributed by atoms with Gasteiger partial charge in [0.2, 0.25) is 5.91 Å². The topological polar surface area (TPSA) is 79.5 Å². The highest BCUT2D eigenvalue weighted by Gasteiger charge is 2.14. The second-order valence-electron chi connectivity index (χ2n) is 6.06. The number of carbonyl (C=O) groups excluding carboxylic acids is 2. The van der Waals surface area contributed by atoms with Crippen molar-refractivity contribution in [3.63, 3.8) is 0 Å². The molecule has 6 heteroatoms. The lowest BCUT2D eigenvalue weighted by atomic mass is 10.0. The molecule has 1 atom stereocenters. The molecule has 3 N–H and O–H groups in total. The molecule has 0 saturated carbocycles. The van der Waals surface area contributed by atoms with Gasteiger partial charge in [-0.05, 0) is 25.5 Å². The van der Waals surface area contributed by atoms with Crippen LogP contribution in [-0.4, -0.2) is 25.6 Å². The minimum Gasteiger partial charge on any atom is -0.496 e. The lowest BCUT2D eigenvalue weighted by Gasteiger charge is -2.18. The molecule has 0 radical (unpaired) electrons. The second-order valence-corrected chi connectivity index (χ2v) is 6.06. The molecule has 26 heavy (non-hydrogen) atoms. The fourth-order valence-corrected chi connectivity index (χ4v) is 2.56. The molecule has 1 unspecified atom stereocenters. The summed E-state index contributed by atoms with van der Waals surface area (Å²) in [5, 5.41) is 8.14. The van der Waals surface area contributed by atoms with Crippen LogP contribution in [0.3, 0.4) is 0 Å². The number of hydrogen-bond donors (Lipinski definition) is 3. The maximum absolute atomic E-state index is 12.1. The van der Waals surface area contributed by atoms with E-state index in [0.717, 1.165) is 22.4 Å². The molecule has 0 aliphatic heterocycles. The van der Waals surface area contributed by atoms with E-state index in [2.05, 4.69) is 16.0 Å². The zero-order valence-corrected chi connectivity index (χ0v) is 15.3. The van der Waals surface area contributed by atoms with Gasteiger partial charge in [-0.15, -0.1) is 0 Å². The Labute approximate surface area is 153 Å². The van der Waals surface area contributed by atoms with Crippen LogP contribution >= 0.6 is 0 Å². The third-order valence-corrected chi connectivity index (χ3v) is 3.93. The zero-order valence-electron chi connectivity index (χ0n) is 15.3. The van der Waals surface area contributed by atoms with E-state index in [1.165, 1.54) is 0 Å². The Bertz CT molecular complexity index is 747. The molecule has 0 aromatic heterocycles. The lowest BCUT2D eigenvalue weighted by molar-refractivity contribution is -0.120. The minimum absolute atomic E-state index is 0.0981. The molecule has 2 aromatic rings. The van der Waals surface area contributed by atoms with Gasteiger partial charge in [0.05, 0.1) is 19.7 Å². The molecule has 138 valence electrons. The van der Waals surface area contributed by atoms with E-state index in [1.54, 1.807) is 7.11 Å². The smallest absolute Gasteiger partial charge is 0.315 e.